The van der Waals surface area contributed by atoms with Crippen LogP contribution in [-0.2, 0) is 0 Å². The first-order valence-electron chi connectivity index (χ1n) is 13.0. The van der Waals surface area contributed by atoms with Crippen LogP contribution in [0.3, 0.4) is 0 Å². The number of fused-ring (bicyclic) bond motifs is 20. The Bertz CT molecular complexity index is 2040. The number of rotatable bonds is 0. The van der Waals surface area contributed by atoms with E-state index in [1.165, 1.54) is 0 Å². The largest absolute Gasteiger partial charge is 0.324 e. The summed E-state index contributed by atoms with van der Waals surface area (Å²) in [6, 6.07) is 32.2. The standard InChI is InChI=1S/C32H18N8.ClH.In.3H/c1-2-10-18-17(9-1)25-33-26(18)38-28-21-13-5-6-14-22(21)30(35-28)40-32-24-16-8-7-15-23(24)31(36-32)39-29-20-12-4-3-11-19(20)27(34-29)37-25;;;;;/h1-16H,(H2,33,34,35,36,37,38,39,40);1H;;;;. The van der Waals surface area contributed by atoms with E-state index in [0.717, 1.165) is 43.8 Å². The van der Waals surface area contributed by atoms with Crippen LogP contribution in [0.2, 0.25) is 0 Å². The second kappa shape index (κ2) is 10.0. The van der Waals surface area contributed by atoms with Crippen molar-refractivity contribution >= 4 is 82.4 Å². The fourth-order valence-corrected chi connectivity index (χ4v) is 5.59. The molecule has 0 atom stereocenters. The smallest absolute Gasteiger partial charge is 0.164 e. The van der Waals surface area contributed by atoms with Gasteiger partial charge in [0.25, 0.3) is 0 Å². The molecule has 0 aliphatic carbocycles. The molecule has 2 aliphatic heterocycles. The number of nitrogens with one attached hydrogen (secondary N) is 2. The summed E-state index contributed by atoms with van der Waals surface area (Å²) < 4.78 is 0. The first kappa shape index (κ1) is 26.3. The van der Waals surface area contributed by atoms with Gasteiger partial charge in [0.1, 0.15) is 22.6 Å². The summed E-state index contributed by atoms with van der Waals surface area (Å²) in [6.45, 7) is 0. The van der Waals surface area contributed by atoms with Gasteiger partial charge in [-0.3, -0.25) is 0 Å². The van der Waals surface area contributed by atoms with Gasteiger partial charge in [-0.1, -0.05) is 97.1 Å². The van der Waals surface area contributed by atoms with Gasteiger partial charge in [0.05, 0.1) is 0 Å². The minimum Gasteiger partial charge on any atom is -0.324 e. The Morgan fingerprint density at radius 3 is 0.833 bits per heavy atom. The Morgan fingerprint density at radius 1 is 0.333 bits per heavy atom. The van der Waals surface area contributed by atoms with Crippen LogP contribution in [0.4, 0.5) is 0 Å². The normalized spacial score (nSPS) is 11.4. The molecule has 0 fully saturated rings. The average molecular weight is 669 g/mol. The van der Waals surface area contributed by atoms with Crippen LogP contribution >= 0.6 is 12.4 Å². The third kappa shape index (κ3) is 3.92. The molecule has 5 heterocycles. The van der Waals surface area contributed by atoms with Gasteiger partial charge in [-0.15, -0.1) is 12.4 Å². The number of aromatic amines is 2. The van der Waals surface area contributed by atoms with E-state index in [1.807, 2.05) is 97.1 Å². The number of hydrogen-bond donors (Lipinski definition) is 2. The SMILES string of the molecule is Cl.[InH3].c1ccc2c(c1)-c1nc-2nc2[nH]c(nc3nc(nc4[nH]c(n1)c1ccccc41)-c1ccccc1-3)c1ccccc21. The fraction of sp³-hybridized carbons (Fsp3) is 0. The summed E-state index contributed by atoms with van der Waals surface area (Å²) in [7, 11) is 0. The maximum Gasteiger partial charge on any atom is 0.164 e. The first-order valence-corrected chi connectivity index (χ1v) is 13.0. The summed E-state index contributed by atoms with van der Waals surface area (Å²) in [4.78, 5) is 36.8. The second-order valence-electron chi connectivity index (χ2n) is 9.79. The topological polar surface area (TPSA) is 109 Å². The number of halogens is 1. The van der Waals surface area contributed by atoms with Gasteiger partial charge in [0.15, 0.2) is 23.3 Å². The maximum absolute atomic E-state index is 5.02. The molecule has 0 saturated carbocycles. The number of nitrogens with zero attached hydrogens (tertiary/aromatic N) is 6. The van der Waals surface area contributed by atoms with Crippen LogP contribution in [0, 0.1) is 0 Å². The van der Waals surface area contributed by atoms with Crippen LogP contribution in [-0.4, -0.2) is 65.7 Å². The Morgan fingerprint density at radius 2 is 0.571 bits per heavy atom. The van der Waals surface area contributed by atoms with E-state index in [2.05, 4.69) is 9.97 Å². The maximum atomic E-state index is 5.02. The van der Waals surface area contributed by atoms with Crippen LogP contribution in [0.5, 0.6) is 0 Å². The third-order valence-corrected chi connectivity index (χ3v) is 7.46. The summed E-state index contributed by atoms with van der Waals surface area (Å²) in [5, 5.41) is 3.82. The van der Waals surface area contributed by atoms with E-state index >= 15 is 0 Å². The molecule has 42 heavy (non-hydrogen) atoms. The molecular weight excluding hydrogens is 647 g/mol. The zero-order valence-corrected chi connectivity index (χ0v) is 22.1. The predicted molar refractivity (Wildman–Crippen MR) is 173 cm³/mol. The molecule has 0 unspecified atom stereocenters. The van der Waals surface area contributed by atoms with Crippen molar-refractivity contribution in [3.05, 3.63) is 97.1 Å². The minimum atomic E-state index is 0. The van der Waals surface area contributed by atoms with Crippen molar-refractivity contribution in [1.82, 2.24) is 39.9 Å². The Labute approximate surface area is 263 Å². The fourth-order valence-electron chi connectivity index (χ4n) is 5.59. The van der Waals surface area contributed by atoms with Gasteiger partial charge in [0, 0.05) is 43.8 Å². The molecule has 0 radical (unpaired) electrons. The molecule has 7 aromatic rings. The predicted octanol–water partition coefficient (Wildman–Crippen LogP) is 6.11. The molecule has 3 aromatic heterocycles. The Kier molecular flexibility index (Phi) is 6.29. The van der Waals surface area contributed by atoms with Crippen molar-refractivity contribution in [3.8, 4) is 45.6 Å². The molecule has 0 amide bonds. The van der Waals surface area contributed by atoms with Gasteiger partial charge < -0.3 is 9.97 Å². The zero-order chi connectivity index (χ0) is 26.2. The summed E-state index contributed by atoms with van der Waals surface area (Å²) >= 11 is 0. The molecule has 8 bridgehead atoms. The van der Waals surface area contributed by atoms with E-state index in [0.29, 0.717) is 45.9 Å². The van der Waals surface area contributed by atoms with Crippen LogP contribution < -0.4 is 0 Å². The van der Waals surface area contributed by atoms with Gasteiger partial charge >= 0.3 is 25.8 Å². The molecular formula is C32H22ClInN8. The quantitative estimate of drug-likeness (QED) is 0.202. The molecule has 4 aromatic carbocycles. The van der Waals surface area contributed by atoms with Crippen LogP contribution in [0.15, 0.2) is 97.1 Å². The molecule has 8 nitrogen and oxygen atoms in total. The van der Waals surface area contributed by atoms with Crippen molar-refractivity contribution in [2.45, 2.75) is 0 Å². The summed E-state index contributed by atoms with van der Waals surface area (Å²) in [5.74, 6) is 2.39. The molecule has 200 valence electrons. The zero-order valence-electron chi connectivity index (χ0n) is 21.3. The summed E-state index contributed by atoms with van der Waals surface area (Å²) in [6.07, 6.45) is 0. The summed E-state index contributed by atoms with van der Waals surface area (Å²) in [5.41, 5.74) is 6.45. The van der Waals surface area contributed by atoms with E-state index < -0.39 is 0 Å². The average Bonchev–Trinajstić information content (AvgIpc) is 3.73. The molecule has 0 saturated heterocycles. The first-order chi connectivity index (χ1) is 19.8. The molecule has 9 rings (SSSR count). The van der Waals surface area contributed by atoms with Crippen molar-refractivity contribution < 1.29 is 0 Å². The molecule has 2 N–H and O–H groups in total. The Balaban J connectivity index is 0.00000144. The van der Waals surface area contributed by atoms with Crippen molar-refractivity contribution in [2.24, 2.45) is 0 Å². The van der Waals surface area contributed by atoms with Crippen molar-refractivity contribution in [3.63, 3.8) is 0 Å². The number of H-pyrrole nitrogens is 2. The van der Waals surface area contributed by atoms with Crippen molar-refractivity contribution in [1.29, 1.82) is 0 Å². The van der Waals surface area contributed by atoms with Gasteiger partial charge in [-0.2, -0.15) is 0 Å². The van der Waals surface area contributed by atoms with Crippen molar-refractivity contribution in [2.75, 3.05) is 0 Å². The minimum absolute atomic E-state index is 0. The molecule has 10 heteroatoms. The van der Waals surface area contributed by atoms with E-state index in [4.69, 9.17) is 29.9 Å². The Hall–Kier alpha value is -4.60. The number of hydrogen-bond acceptors (Lipinski definition) is 6. The number of benzene rings is 4. The van der Waals surface area contributed by atoms with Gasteiger partial charge in [-0.05, 0) is 0 Å². The van der Waals surface area contributed by atoms with E-state index in [-0.39, 0.29) is 38.3 Å². The van der Waals surface area contributed by atoms with E-state index in [1.54, 1.807) is 0 Å². The van der Waals surface area contributed by atoms with Gasteiger partial charge in [0.2, 0.25) is 0 Å². The molecule has 2 aliphatic rings. The third-order valence-electron chi connectivity index (χ3n) is 7.46. The van der Waals surface area contributed by atoms with E-state index in [9.17, 15) is 0 Å². The van der Waals surface area contributed by atoms with Crippen LogP contribution in [0.25, 0.3) is 89.7 Å². The molecule has 0 spiro atoms. The van der Waals surface area contributed by atoms with Gasteiger partial charge in [-0.25, -0.2) is 29.9 Å². The van der Waals surface area contributed by atoms with Crippen LogP contribution in [0.1, 0.15) is 0 Å². The second-order valence-corrected chi connectivity index (χ2v) is 9.79. The number of aromatic nitrogens is 8. The monoisotopic (exact) mass is 668 g/mol.